The summed E-state index contributed by atoms with van der Waals surface area (Å²) >= 11 is 0. The van der Waals surface area contributed by atoms with Crippen LogP contribution in [-0.4, -0.2) is 43.6 Å². The molecule has 1 aromatic carbocycles. The van der Waals surface area contributed by atoms with E-state index in [9.17, 15) is 4.79 Å². The van der Waals surface area contributed by atoms with E-state index in [1.54, 1.807) is 24.3 Å². The Morgan fingerprint density at radius 3 is 2.74 bits per heavy atom. The van der Waals surface area contributed by atoms with Crippen LogP contribution >= 0.6 is 0 Å². The summed E-state index contributed by atoms with van der Waals surface area (Å²) in [7, 11) is 0. The number of hydrogen-bond donors (Lipinski definition) is 1. The van der Waals surface area contributed by atoms with Crippen LogP contribution in [0.5, 0.6) is 5.75 Å². The molecule has 0 aromatic heterocycles. The quantitative estimate of drug-likeness (QED) is 0.758. The summed E-state index contributed by atoms with van der Waals surface area (Å²) in [5.74, 6) is -0.110. The molecule has 1 aromatic rings. The average Bonchev–Trinajstić information content (AvgIpc) is 2.89. The van der Waals surface area contributed by atoms with Gasteiger partial charge in [-0.2, -0.15) is 0 Å². The molecule has 5 heteroatoms. The predicted octanol–water partition coefficient (Wildman–Crippen LogP) is 1.50. The van der Waals surface area contributed by atoms with Gasteiger partial charge in [0, 0.05) is 6.61 Å². The summed E-state index contributed by atoms with van der Waals surface area (Å²) < 4.78 is 16.3. The van der Waals surface area contributed by atoms with Gasteiger partial charge in [-0.25, -0.2) is 0 Å². The molecule has 104 valence electrons. The Hall–Kier alpha value is -1.59. The van der Waals surface area contributed by atoms with Crippen LogP contribution in [0.25, 0.3) is 0 Å². The van der Waals surface area contributed by atoms with E-state index in [1.165, 1.54) is 0 Å². The van der Waals surface area contributed by atoms with Crippen LogP contribution in [0.15, 0.2) is 24.3 Å². The highest BCUT2D eigenvalue weighted by Gasteiger charge is 2.15. The largest absolute Gasteiger partial charge is 0.491 e. The van der Waals surface area contributed by atoms with Gasteiger partial charge in [-0.1, -0.05) is 12.1 Å². The van der Waals surface area contributed by atoms with Crippen LogP contribution in [0.3, 0.4) is 0 Å². The Morgan fingerprint density at radius 2 is 2.11 bits per heavy atom. The Balaban J connectivity index is 1.66. The van der Waals surface area contributed by atoms with E-state index in [4.69, 9.17) is 19.3 Å². The fourth-order valence-electron chi connectivity index (χ4n) is 1.90. The lowest BCUT2D eigenvalue weighted by molar-refractivity contribution is -0.136. The number of ether oxygens (including phenoxy) is 3. The molecule has 1 unspecified atom stereocenters. The molecule has 0 bridgehead atoms. The first-order valence-corrected chi connectivity index (χ1v) is 6.37. The zero-order chi connectivity index (χ0) is 13.5. The summed E-state index contributed by atoms with van der Waals surface area (Å²) in [6, 6.07) is 7.07. The van der Waals surface area contributed by atoms with Gasteiger partial charge in [0.05, 0.1) is 25.7 Å². The van der Waals surface area contributed by atoms with Crippen molar-refractivity contribution < 1.29 is 24.1 Å². The molecular weight excluding hydrogens is 248 g/mol. The van der Waals surface area contributed by atoms with E-state index in [0.717, 1.165) is 24.3 Å². The molecule has 0 amide bonds. The van der Waals surface area contributed by atoms with Crippen molar-refractivity contribution >= 4 is 5.97 Å². The highest BCUT2D eigenvalue weighted by molar-refractivity contribution is 5.70. The molecule has 1 N–H and O–H groups in total. The third-order valence-corrected chi connectivity index (χ3v) is 2.87. The molecule has 1 heterocycles. The van der Waals surface area contributed by atoms with E-state index in [2.05, 4.69) is 0 Å². The van der Waals surface area contributed by atoms with Crippen molar-refractivity contribution in [3.8, 4) is 5.75 Å². The highest BCUT2D eigenvalue weighted by atomic mass is 16.6. The lowest BCUT2D eigenvalue weighted by Gasteiger charge is -2.11. The molecule has 1 atom stereocenters. The Kier molecular flexibility index (Phi) is 5.18. The van der Waals surface area contributed by atoms with Gasteiger partial charge in [-0.3, -0.25) is 4.79 Å². The molecule has 19 heavy (non-hydrogen) atoms. The summed E-state index contributed by atoms with van der Waals surface area (Å²) in [6.45, 7) is 2.46. The molecule has 1 aliphatic rings. The first-order chi connectivity index (χ1) is 9.24. The highest BCUT2D eigenvalue weighted by Crippen LogP contribution is 2.13. The van der Waals surface area contributed by atoms with Gasteiger partial charge in [0.25, 0.3) is 0 Å². The molecule has 2 rings (SSSR count). The van der Waals surface area contributed by atoms with Gasteiger partial charge < -0.3 is 19.3 Å². The fraction of sp³-hybridized carbons (Fsp3) is 0.500. The number of carboxylic acids is 1. The topological polar surface area (TPSA) is 65.0 Å². The molecular formula is C14H18O5. The normalized spacial score (nSPS) is 18.4. The number of rotatable bonds is 7. The zero-order valence-electron chi connectivity index (χ0n) is 10.7. The monoisotopic (exact) mass is 266 g/mol. The first-order valence-electron chi connectivity index (χ1n) is 6.37. The second-order valence-electron chi connectivity index (χ2n) is 4.42. The second-order valence-corrected chi connectivity index (χ2v) is 4.42. The molecule has 1 saturated heterocycles. The summed E-state index contributed by atoms with van der Waals surface area (Å²) in [4.78, 5) is 10.5. The van der Waals surface area contributed by atoms with Gasteiger partial charge in [0.1, 0.15) is 12.4 Å². The van der Waals surface area contributed by atoms with E-state index in [0.29, 0.717) is 19.8 Å². The third-order valence-electron chi connectivity index (χ3n) is 2.87. The van der Waals surface area contributed by atoms with Gasteiger partial charge in [0.15, 0.2) is 0 Å². The maximum absolute atomic E-state index is 10.5. The number of carboxylic acid groups (broad SMARTS) is 1. The van der Waals surface area contributed by atoms with E-state index in [-0.39, 0.29) is 12.5 Å². The molecule has 1 aliphatic heterocycles. The van der Waals surface area contributed by atoms with Gasteiger partial charge in [-0.05, 0) is 24.1 Å². The van der Waals surface area contributed by atoms with Crippen molar-refractivity contribution in [3.63, 3.8) is 0 Å². The standard InChI is InChI=1S/C14H18O5/c15-14(16)9-11-1-3-12(4-2-11)18-7-8-19-13-5-6-17-10-13/h1-4,13H,5-10H2,(H,15,16). The minimum Gasteiger partial charge on any atom is -0.491 e. The van der Waals surface area contributed by atoms with E-state index < -0.39 is 5.97 Å². The molecule has 0 radical (unpaired) electrons. The number of benzene rings is 1. The SMILES string of the molecule is O=C(O)Cc1ccc(OCCOC2CCOC2)cc1. The predicted molar refractivity (Wildman–Crippen MR) is 68.5 cm³/mol. The minimum absolute atomic E-state index is 0.0328. The van der Waals surface area contributed by atoms with Gasteiger partial charge in [-0.15, -0.1) is 0 Å². The fourth-order valence-corrected chi connectivity index (χ4v) is 1.90. The van der Waals surface area contributed by atoms with Crippen LogP contribution in [-0.2, 0) is 20.7 Å². The van der Waals surface area contributed by atoms with Crippen LogP contribution in [0.2, 0.25) is 0 Å². The summed E-state index contributed by atoms with van der Waals surface area (Å²) in [5.41, 5.74) is 0.763. The third kappa shape index (κ3) is 4.89. The van der Waals surface area contributed by atoms with Crippen molar-refractivity contribution in [1.29, 1.82) is 0 Å². The number of aliphatic carboxylic acids is 1. The van der Waals surface area contributed by atoms with E-state index in [1.807, 2.05) is 0 Å². The van der Waals surface area contributed by atoms with Crippen molar-refractivity contribution in [2.24, 2.45) is 0 Å². The van der Waals surface area contributed by atoms with Crippen LogP contribution in [0, 0.1) is 0 Å². The smallest absolute Gasteiger partial charge is 0.307 e. The molecule has 0 saturated carbocycles. The Bertz CT molecular complexity index is 395. The van der Waals surface area contributed by atoms with Crippen LogP contribution in [0.1, 0.15) is 12.0 Å². The maximum atomic E-state index is 10.5. The average molecular weight is 266 g/mol. The summed E-state index contributed by atoms with van der Waals surface area (Å²) in [6.07, 6.45) is 1.18. The minimum atomic E-state index is -0.833. The lowest BCUT2D eigenvalue weighted by atomic mass is 10.1. The zero-order valence-corrected chi connectivity index (χ0v) is 10.7. The molecule has 0 aliphatic carbocycles. The first kappa shape index (κ1) is 13.8. The van der Waals surface area contributed by atoms with Crippen LogP contribution < -0.4 is 4.74 Å². The van der Waals surface area contributed by atoms with E-state index >= 15 is 0 Å². The molecule has 1 fully saturated rings. The van der Waals surface area contributed by atoms with Crippen molar-refractivity contribution in [3.05, 3.63) is 29.8 Å². The van der Waals surface area contributed by atoms with Gasteiger partial charge in [0.2, 0.25) is 0 Å². The Labute approximate surface area is 112 Å². The lowest BCUT2D eigenvalue weighted by Crippen LogP contribution is -2.17. The molecule has 5 nitrogen and oxygen atoms in total. The van der Waals surface area contributed by atoms with Crippen molar-refractivity contribution in [2.45, 2.75) is 18.9 Å². The Morgan fingerprint density at radius 1 is 1.32 bits per heavy atom. The summed E-state index contributed by atoms with van der Waals surface area (Å²) in [5, 5.41) is 8.66. The van der Waals surface area contributed by atoms with Crippen LogP contribution in [0.4, 0.5) is 0 Å². The van der Waals surface area contributed by atoms with Gasteiger partial charge >= 0.3 is 5.97 Å². The molecule has 0 spiro atoms. The number of carbonyl (C=O) groups is 1. The van der Waals surface area contributed by atoms with Crippen molar-refractivity contribution in [1.82, 2.24) is 0 Å². The maximum Gasteiger partial charge on any atom is 0.307 e. The second kappa shape index (κ2) is 7.11. The van der Waals surface area contributed by atoms with Crippen molar-refractivity contribution in [2.75, 3.05) is 26.4 Å². The number of hydrogen-bond acceptors (Lipinski definition) is 4.